The number of carboxylic acids is 1. The van der Waals surface area contributed by atoms with Gasteiger partial charge in [-0.2, -0.15) is 0 Å². The topological polar surface area (TPSA) is 59.0 Å². The number of hydrogen-bond acceptors (Lipinski definition) is 4. The summed E-state index contributed by atoms with van der Waals surface area (Å²) in [5, 5.41) is 9.45. The lowest BCUT2D eigenvalue weighted by atomic mass is 10.3. The molecule has 0 fully saturated rings. The van der Waals surface area contributed by atoms with Crippen molar-refractivity contribution in [1.82, 2.24) is 4.90 Å². The largest absolute Gasteiger partial charge is 0.491 e. The monoisotopic (exact) mass is 365 g/mol. The lowest BCUT2D eigenvalue weighted by molar-refractivity contribution is -0.138. The average Bonchev–Trinajstić information content (AvgIpc) is 2.37. The number of ether oxygens (including phenoxy) is 2. The van der Waals surface area contributed by atoms with E-state index in [1.54, 1.807) is 30.2 Å². The van der Waals surface area contributed by atoms with Crippen LogP contribution in [-0.2, 0) is 9.53 Å². The molecule has 7 heteroatoms. The molecule has 1 aromatic rings. The smallest absolute Gasteiger partial charge is 0.317 e. The van der Waals surface area contributed by atoms with Crippen molar-refractivity contribution in [3.8, 4) is 5.75 Å². The highest BCUT2D eigenvalue weighted by Gasteiger charge is 2.10. The third-order valence-electron chi connectivity index (χ3n) is 2.53. The van der Waals surface area contributed by atoms with Gasteiger partial charge in [-0.05, 0) is 34.1 Å². The molecule has 20 heavy (non-hydrogen) atoms. The molecule has 0 radical (unpaired) electrons. The van der Waals surface area contributed by atoms with E-state index in [1.165, 1.54) is 0 Å². The molecule has 0 amide bonds. The van der Waals surface area contributed by atoms with Gasteiger partial charge in [-0.15, -0.1) is 0 Å². The summed E-state index contributed by atoms with van der Waals surface area (Å²) in [6.07, 6.45) is 0. The molecule has 112 valence electrons. The lowest BCUT2D eigenvalue weighted by Gasteiger charge is -2.20. The van der Waals surface area contributed by atoms with Gasteiger partial charge in [-0.25, -0.2) is 0 Å². The number of nitrogens with zero attached hydrogens (tertiary/aromatic N) is 1. The molecular weight excluding hydrogens is 350 g/mol. The van der Waals surface area contributed by atoms with Gasteiger partial charge < -0.3 is 14.6 Å². The fourth-order valence-corrected chi connectivity index (χ4v) is 2.36. The molecule has 1 N–H and O–H groups in total. The Hall–Kier alpha value is -0.820. The van der Waals surface area contributed by atoms with Gasteiger partial charge >= 0.3 is 5.97 Å². The van der Waals surface area contributed by atoms with E-state index in [0.717, 1.165) is 4.47 Å². The summed E-state index contributed by atoms with van der Waals surface area (Å²) in [7, 11) is 1.58. The lowest BCUT2D eigenvalue weighted by Crippen LogP contribution is -2.35. The number of carbonyl (C=O) groups is 1. The number of rotatable bonds is 9. The summed E-state index contributed by atoms with van der Waals surface area (Å²) in [5.41, 5.74) is 0. The minimum absolute atomic E-state index is 0.0332. The number of carboxylic acid groups (broad SMARTS) is 1. The molecule has 0 saturated carbocycles. The highest BCUT2D eigenvalue weighted by molar-refractivity contribution is 9.10. The molecule has 0 aromatic heterocycles. The first-order chi connectivity index (χ1) is 9.52. The first-order valence-electron chi connectivity index (χ1n) is 6.04. The van der Waals surface area contributed by atoms with Crippen LogP contribution in [0.15, 0.2) is 22.7 Å². The number of aliphatic carboxylic acids is 1. The van der Waals surface area contributed by atoms with E-state index in [9.17, 15) is 4.79 Å². The van der Waals surface area contributed by atoms with Crippen LogP contribution < -0.4 is 4.74 Å². The maximum absolute atomic E-state index is 10.8. The molecular formula is C13H17BrClNO4. The van der Waals surface area contributed by atoms with Crippen LogP contribution >= 0.6 is 27.5 Å². The molecule has 1 aromatic carbocycles. The average molecular weight is 367 g/mol. The van der Waals surface area contributed by atoms with Gasteiger partial charge in [0.1, 0.15) is 12.4 Å². The van der Waals surface area contributed by atoms with Crippen molar-refractivity contribution >= 4 is 33.5 Å². The third kappa shape index (κ3) is 6.56. The highest BCUT2D eigenvalue weighted by atomic mass is 79.9. The van der Waals surface area contributed by atoms with E-state index >= 15 is 0 Å². The number of hydrogen-bond donors (Lipinski definition) is 1. The molecule has 0 heterocycles. The van der Waals surface area contributed by atoms with Crippen molar-refractivity contribution < 1.29 is 19.4 Å². The Labute approximate surface area is 131 Å². The molecule has 1 rings (SSSR count). The zero-order valence-corrected chi connectivity index (χ0v) is 13.5. The van der Waals surface area contributed by atoms with Crippen LogP contribution in [0.1, 0.15) is 0 Å². The zero-order chi connectivity index (χ0) is 15.0. The molecule has 0 spiro atoms. The Morgan fingerprint density at radius 3 is 2.70 bits per heavy atom. The Balaban J connectivity index is 2.44. The van der Waals surface area contributed by atoms with E-state index in [1.807, 2.05) is 0 Å². The standard InChI is InChI=1S/C13H17BrClNO4/c1-19-6-4-16(9-13(17)18)5-7-20-12-3-2-10(15)8-11(12)14/h2-3,8H,4-7,9H2,1H3,(H,17,18). The number of halogens is 2. The summed E-state index contributed by atoms with van der Waals surface area (Å²) >= 11 is 9.20. The quantitative estimate of drug-likeness (QED) is 0.728. The normalized spacial score (nSPS) is 10.8. The summed E-state index contributed by atoms with van der Waals surface area (Å²) in [5.74, 6) is -0.190. The van der Waals surface area contributed by atoms with Crippen molar-refractivity contribution in [3.05, 3.63) is 27.7 Å². The Morgan fingerprint density at radius 2 is 2.10 bits per heavy atom. The number of methoxy groups -OCH3 is 1. The Morgan fingerprint density at radius 1 is 1.40 bits per heavy atom. The van der Waals surface area contributed by atoms with Crippen molar-refractivity contribution in [2.45, 2.75) is 0 Å². The van der Waals surface area contributed by atoms with E-state index < -0.39 is 5.97 Å². The van der Waals surface area contributed by atoms with E-state index in [4.69, 9.17) is 26.2 Å². The zero-order valence-electron chi connectivity index (χ0n) is 11.1. The van der Waals surface area contributed by atoms with Crippen LogP contribution in [0.4, 0.5) is 0 Å². The predicted molar refractivity (Wildman–Crippen MR) is 80.6 cm³/mol. The van der Waals surface area contributed by atoms with Crippen LogP contribution in [0.3, 0.4) is 0 Å². The summed E-state index contributed by atoms with van der Waals surface area (Å²) in [6, 6.07) is 5.25. The molecule has 0 bridgehead atoms. The molecule has 0 aliphatic heterocycles. The van der Waals surface area contributed by atoms with Gasteiger partial charge in [0, 0.05) is 25.2 Å². The fourth-order valence-electron chi connectivity index (χ4n) is 1.56. The van der Waals surface area contributed by atoms with Gasteiger partial charge in [-0.1, -0.05) is 11.6 Å². The van der Waals surface area contributed by atoms with Crippen LogP contribution in [0.2, 0.25) is 5.02 Å². The highest BCUT2D eigenvalue weighted by Crippen LogP contribution is 2.27. The van der Waals surface area contributed by atoms with Gasteiger partial charge in [0.05, 0.1) is 17.6 Å². The van der Waals surface area contributed by atoms with Gasteiger partial charge in [-0.3, -0.25) is 9.69 Å². The predicted octanol–water partition coefficient (Wildman–Crippen LogP) is 2.51. The molecule has 5 nitrogen and oxygen atoms in total. The second kappa shape index (κ2) is 9.18. The summed E-state index contributed by atoms with van der Waals surface area (Å²) in [4.78, 5) is 12.5. The van der Waals surface area contributed by atoms with E-state index in [-0.39, 0.29) is 6.54 Å². The first kappa shape index (κ1) is 17.2. The molecule has 0 atom stereocenters. The SMILES string of the molecule is COCCN(CCOc1ccc(Cl)cc1Br)CC(=O)O. The van der Waals surface area contributed by atoms with E-state index in [0.29, 0.717) is 37.1 Å². The molecule has 0 aliphatic carbocycles. The van der Waals surface area contributed by atoms with Gasteiger partial charge in [0.2, 0.25) is 0 Å². The minimum atomic E-state index is -0.867. The van der Waals surface area contributed by atoms with Crippen LogP contribution in [0.25, 0.3) is 0 Å². The van der Waals surface area contributed by atoms with Crippen LogP contribution in [0.5, 0.6) is 5.75 Å². The Kier molecular flexibility index (Phi) is 7.91. The minimum Gasteiger partial charge on any atom is -0.491 e. The van der Waals surface area contributed by atoms with Crippen LogP contribution in [-0.4, -0.2) is 55.9 Å². The van der Waals surface area contributed by atoms with Gasteiger partial charge in [0.15, 0.2) is 0 Å². The Bertz CT molecular complexity index is 444. The third-order valence-corrected chi connectivity index (χ3v) is 3.38. The second-order valence-electron chi connectivity index (χ2n) is 4.09. The first-order valence-corrected chi connectivity index (χ1v) is 7.21. The van der Waals surface area contributed by atoms with Crippen molar-refractivity contribution in [2.75, 3.05) is 40.0 Å². The summed E-state index contributed by atoms with van der Waals surface area (Å²) < 4.78 is 11.3. The fraction of sp³-hybridized carbons (Fsp3) is 0.462. The van der Waals surface area contributed by atoms with Gasteiger partial charge in [0.25, 0.3) is 0 Å². The molecule has 0 saturated heterocycles. The maximum atomic E-state index is 10.8. The van der Waals surface area contributed by atoms with Crippen molar-refractivity contribution in [1.29, 1.82) is 0 Å². The van der Waals surface area contributed by atoms with Crippen LogP contribution in [0, 0.1) is 0 Å². The maximum Gasteiger partial charge on any atom is 0.317 e. The number of benzene rings is 1. The molecule has 0 unspecified atom stereocenters. The van der Waals surface area contributed by atoms with Crippen molar-refractivity contribution in [2.24, 2.45) is 0 Å². The molecule has 0 aliphatic rings. The summed E-state index contributed by atoms with van der Waals surface area (Å²) in [6.45, 7) is 1.89. The van der Waals surface area contributed by atoms with Crippen molar-refractivity contribution in [3.63, 3.8) is 0 Å². The van der Waals surface area contributed by atoms with E-state index in [2.05, 4.69) is 15.9 Å². The second-order valence-corrected chi connectivity index (χ2v) is 5.38.